The molecule has 0 radical (unpaired) electrons. The van der Waals surface area contributed by atoms with Gasteiger partial charge in [-0.3, -0.25) is 4.79 Å². The van der Waals surface area contributed by atoms with Gasteiger partial charge in [-0.05, 0) is 69.2 Å². The first-order valence-corrected chi connectivity index (χ1v) is 12.3. The maximum absolute atomic E-state index is 13.5. The molecule has 0 aliphatic carbocycles. The molecule has 2 atom stereocenters. The number of para-hydroxylation sites is 1. The Labute approximate surface area is 195 Å². The molecule has 0 saturated heterocycles. The van der Waals surface area contributed by atoms with Crippen molar-refractivity contribution < 1.29 is 14.3 Å². The maximum atomic E-state index is 13.5. The Morgan fingerprint density at radius 1 is 1.25 bits per heavy atom. The van der Waals surface area contributed by atoms with Gasteiger partial charge in [0.05, 0.1) is 6.04 Å². The lowest BCUT2D eigenvalue weighted by atomic mass is 10.00. The second-order valence-electron chi connectivity index (χ2n) is 8.72. The number of carbonyl (C=O) groups is 2. The second kappa shape index (κ2) is 10.9. The van der Waals surface area contributed by atoms with Crippen molar-refractivity contribution >= 4 is 23.3 Å². The number of rotatable bonds is 8. The smallest absolute Gasteiger partial charge is 0.318 e. The lowest BCUT2D eigenvalue weighted by Gasteiger charge is -2.38. The van der Waals surface area contributed by atoms with Crippen LogP contribution in [0.5, 0.6) is 5.75 Å². The van der Waals surface area contributed by atoms with E-state index >= 15 is 0 Å². The van der Waals surface area contributed by atoms with Crippen molar-refractivity contribution in [1.29, 1.82) is 0 Å². The van der Waals surface area contributed by atoms with E-state index in [4.69, 9.17) is 4.74 Å². The third kappa shape index (κ3) is 5.63. The molecule has 1 N–H and O–H groups in total. The molecular formula is C25H35N3O3S. The quantitative estimate of drug-likeness (QED) is 0.621. The van der Waals surface area contributed by atoms with Crippen LogP contribution in [-0.4, -0.2) is 53.5 Å². The van der Waals surface area contributed by atoms with Crippen LogP contribution in [0.15, 0.2) is 35.7 Å². The van der Waals surface area contributed by atoms with Crippen LogP contribution in [0.2, 0.25) is 0 Å². The average Bonchev–Trinajstić information content (AvgIpc) is 3.24. The fourth-order valence-electron chi connectivity index (χ4n) is 3.98. The molecule has 0 fully saturated rings. The summed E-state index contributed by atoms with van der Waals surface area (Å²) in [5.41, 5.74) is 2.23. The molecule has 7 heteroatoms. The van der Waals surface area contributed by atoms with Crippen molar-refractivity contribution in [3.63, 3.8) is 0 Å². The van der Waals surface area contributed by atoms with Crippen molar-refractivity contribution in [3.8, 4) is 5.75 Å². The van der Waals surface area contributed by atoms with Crippen molar-refractivity contribution in [2.75, 3.05) is 19.7 Å². The summed E-state index contributed by atoms with van der Waals surface area (Å²) in [5, 5.41) is 5.02. The van der Waals surface area contributed by atoms with Crippen molar-refractivity contribution in [2.24, 2.45) is 0 Å². The molecule has 1 aromatic carbocycles. The number of urea groups is 1. The molecule has 3 amide bonds. The van der Waals surface area contributed by atoms with Gasteiger partial charge in [0.25, 0.3) is 0 Å². The van der Waals surface area contributed by atoms with Gasteiger partial charge in [0.2, 0.25) is 5.91 Å². The normalized spacial score (nSPS) is 16.4. The fourth-order valence-corrected chi connectivity index (χ4v) is 4.90. The number of thiophene rings is 1. The summed E-state index contributed by atoms with van der Waals surface area (Å²) >= 11 is 1.73. The van der Waals surface area contributed by atoms with Crippen LogP contribution in [0, 0.1) is 6.92 Å². The zero-order chi connectivity index (χ0) is 23.3. The van der Waals surface area contributed by atoms with E-state index in [1.165, 1.54) is 4.88 Å². The summed E-state index contributed by atoms with van der Waals surface area (Å²) in [7, 11) is 0. The standard InChI is InChI=1S/C25H35N3O3S/c1-6-19(5)28(25(30)26-17(2)3)15-24(29)27-13-11-23-20(12-14-32-23)21(27)16-31-22-10-8-7-9-18(22)4/h7-10,12,14,17,19,21H,6,11,13,15-16H2,1-5H3,(H,26,30)/t19-,21+/m0/s1. The molecule has 0 unspecified atom stereocenters. The molecule has 174 valence electrons. The summed E-state index contributed by atoms with van der Waals surface area (Å²) in [6, 6.07) is 9.66. The summed E-state index contributed by atoms with van der Waals surface area (Å²) in [6.45, 7) is 11.0. The van der Waals surface area contributed by atoms with Crippen molar-refractivity contribution in [3.05, 3.63) is 51.7 Å². The third-order valence-electron chi connectivity index (χ3n) is 6.01. The minimum Gasteiger partial charge on any atom is -0.491 e. The largest absolute Gasteiger partial charge is 0.491 e. The second-order valence-corrected chi connectivity index (χ2v) is 9.72. The van der Waals surface area contributed by atoms with Crippen molar-refractivity contribution in [2.45, 2.75) is 65.6 Å². The lowest BCUT2D eigenvalue weighted by Crippen LogP contribution is -2.53. The number of nitrogens with zero attached hydrogens (tertiary/aromatic N) is 2. The highest BCUT2D eigenvalue weighted by molar-refractivity contribution is 7.10. The van der Waals surface area contributed by atoms with Crippen LogP contribution in [0.1, 0.15) is 56.2 Å². The minimum atomic E-state index is -0.191. The van der Waals surface area contributed by atoms with Gasteiger partial charge in [-0.25, -0.2) is 4.79 Å². The maximum Gasteiger partial charge on any atom is 0.318 e. The molecular weight excluding hydrogens is 422 g/mol. The monoisotopic (exact) mass is 457 g/mol. The predicted octanol–water partition coefficient (Wildman–Crippen LogP) is 4.78. The SMILES string of the molecule is CC[C@H](C)N(CC(=O)N1CCc2sccc2[C@H]1COc1ccccc1C)C(=O)NC(C)C. The van der Waals surface area contributed by atoms with Gasteiger partial charge < -0.3 is 19.9 Å². The van der Waals surface area contributed by atoms with Gasteiger partial charge in [0, 0.05) is 23.5 Å². The first kappa shape index (κ1) is 24.1. The van der Waals surface area contributed by atoms with E-state index in [0.29, 0.717) is 13.2 Å². The van der Waals surface area contributed by atoms with E-state index in [9.17, 15) is 9.59 Å². The first-order valence-electron chi connectivity index (χ1n) is 11.4. The van der Waals surface area contributed by atoms with Crippen LogP contribution < -0.4 is 10.1 Å². The highest BCUT2D eigenvalue weighted by atomic mass is 32.1. The van der Waals surface area contributed by atoms with Crippen LogP contribution in [-0.2, 0) is 11.2 Å². The van der Waals surface area contributed by atoms with Gasteiger partial charge in [-0.1, -0.05) is 25.1 Å². The fraction of sp³-hybridized carbons (Fsp3) is 0.520. The molecule has 3 rings (SSSR count). The van der Waals surface area contributed by atoms with Crippen LogP contribution in [0.25, 0.3) is 0 Å². The number of ether oxygens (including phenoxy) is 1. The molecule has 32 heavy (non-hydrogen) atoms. The number of hydrogen-bond donors (Lipinski definition) is 1. The zero-order valence-corrected chi connectivity index (χ0v) is 20.6. The van der Waals surface area contributed by atoms with Gasteiger partial charge in [0.1, 0.15) is 18.9 Å². The topological polar surface area (TPSA) is 61.9 Å². The summed E-state index contributed by atoms with van der Waals surface area (Å²) in [5.74, 6) is 0.791. The Kier molecular flexibility index (Phi) is 8.18. The molecule has 2 heterocycles. The molecule has 1 aliphatic heterocycles. The highest BCUT2D eigenvalue weighted by Gasteiger charge is 2.34. The van der Waals surface area contributed by atoms with Gasteiger partial charge >= 0.3 is 6.03 Å². The van der Waals surface area contributed by atoms with Gasteiger partial charge in [-0.2, -0.15) is 0 Å². The van der Waals surface area contributed by atoms with Crippen molar-refractivity contribution in [1.82, 2.24) is 15.1 Å². The van der Waals surface area contributed by atoms with E-state index in [1.54, 1.807) is 16.2 Å². The number of fused-ring (bicyclic) bond motifs is 1. The summed E-state index contributed by atoms with van der Waals surface area (Å²) in [4.78, 5) is 31.1. The predicted molar refractivity (Wildman–Crippen MR) is 129 cm³/mol. The highest BCUT2D eigenvalue weighted by Crippen LogP contribution is 2.34. The molecule has 2 aromatic rings. The van der Waals surface area contributed by atoms with E-state index in [2.05, 4.69) is 16.8 Å². The Balaban J connectivity index is 1.79. The van der Waals surface area contributed by atoms with Gasteiger partial charge in [-0.15, -0.1) is 11.3 Å². The number of benzene rings is 1. The van der Waals surface area contributed by atoms with E-state index < -0.39 is 0 Å². The molecule has 0 spiro atoms. The molecule has 0 saturated carbocycles. The summed E-state index contributed by atoms with van der Waals surface area (Å²) in [6.07, 6.45) is 1.62. The number of aryl methyl sites for hydroxylation is 1. The molecule has 6 nitrogen and oxygen atoms in total. The Hall–Kier alpha value is -2.54. The molecule has 1 aliphatic rings. The Morgan fingerprint density at radius 3 is 2.69 bits per heavy atom. The zero-order valence-electron chi connectivity index (χ0n) is 19.8. The van der Waals surface area contributed by atoms with Crippen LogP contribution in [0.3, 0.4) is 0 Å². The van der Waals surface area contributed by atoms with E-state index in [0.717, 1.165) is 29.7 Å². The van der Waals surface area contributed by atoms with Crippen LogP contribution in [0.4, 0.5) is 4.79 Å². The first-order chi connectivity index (χ1) is 15.3. The lowest BCUT2D eigenvalue weighted by molar-refractivity contribution is -0.136. The Morgan fingerprint density at radius 2 is 2.00 bits per heavy atom. The number of amides is 3. The number of nitrogens with one attached hydrogen (secondary N) is 1. The van der Waals surface area contributed by atoms with E-state index in [1.807, 2.05) is 63.8 Å². The number of hydrogen-bond acceptors (Lipinski definition) is 4. The minimum absolute atomic E-state index is 0.0165. The van der Waals surface area contributed by atoms with E-state index in [-0.39, 0.29) is 36.6 Å². The number of carbonyl (C=O) groups excluding carboxylic acids is 2. The Bertz CT molecular complexity index is 927. The third-order valence-corrected chi connectivity index (χ3v) is 7.00. The molecule has 1 aromatic heterocycles. The molecule has 0 bridgehead atoms. The van der Waals surface area contributed by atoms with Gasteiger partial charge in [0.15, 0.2) is 0 Å². The average molecular weight is 458 g/mol. The summed E-state index contributed by atoms with van der Waals surface area (Å²) < 4.78 is 6.17. The van der Waals surface area contributed by atoms with Crippen LogP contribution >= 0.6 is 11.3 Å².